The van der Waals surface area contributed by atoms with E-state index in [4.69, 9.17) is 0 Å². The molecule has 0 aromatic heterocycles. The molecule has 1 aromatic carbocycles. The van der Waals surface area contributed by atoms with Gasteiger partial charge in [0, 0.05) is 37.4 Å². The molecule has 2 rings (SSSR count). The van der Waals surface area contributed by atoms with Crippen LogP contribution in [0.5, 0.6) is 0 Å². The number of rotatable bonds is 3. The van der Waals surface area contributed by atoms with Crippen molar-refractivity contribution in [3.05, 3.63) is 29.6 Å². The van der Waals surface area contributed by atoms with E-state index in [0.717, 1.165) is 0 Å². The maximum absolute atomic E-state index is 13.8. The largest absolute Gasteiger partial charge is 0.389 e. The van der Waals surface area contributed by atoms with Gasteiger partial charge >= 0.3 is 0 Å². The van der Waals surface area contributed by atoms with Gasteiger partial charge in [0.05, 0.1) is 12.4 Å². The molecular weight excluding hydrogens is 283 g/mol. The number of anilines is 1. The van der Waals surface area contributed by atoms with E-state index < -0.39 is 21.9 Å². The summed E-state index contributed by atoms with van der Waals surface area (Å²) in [6.07, 6.45) is 0.283. The molecule has 1 atom stereocenters. The van der Waals surface area contributed by atoms with Crippen molar-refractivity contribution in [1.82, 2.24) is 4.31 Å². The first-order valence-electron chi connectivity index (χ1n) is 6.47. The Morgan fingerprint density at radius 2 is 1.85 bits per heavy atom. The Morgan fingerprint density at radius 3 is 2.35 bits per heavy atom. The standard InChI is InChI=1S/C13H19FN2O3S/c1-10(17)13-11(14)4-3-5-12(13)15-6-8-16(9-7-15)20(2,18)19/h3-5,10,17H,6-9H2,1-2H3. The summed E-state index contributed by atoms with van der Waals surface area (Å²) >= 11 is 0. The molecule has 0 amide bonds. The van der Waals surface area contributed by atoms with Crippen LogP contribution < -0.4 is 4.90 Å². The fourth-order valence-corrected chi connectivity index (χ4v) is 3.30. The molecule has 0 saturated carbocycles. The molecule has 1 unspecified atom stereocenters. The maximum atomic E-state index is 13.8. The van der Waals surface area contributed by atoms with E-state index in [0.29, 0.717) is 31.9 Å². The lowest BCUT2D eigenvalue weighted by Gasteiger charge is -2.36. The monoisotopic (exact) mass is 302 g/mol. The number of sulfonamides is 1. The van der Waals surface area contributed by atoms with E-state index >= 15 is 0 Å². The Morgan fingerprint density at radius 1 is 1.25 bits per heavy atom. The summed E-state index contributed by atoms with van der Waals surface area (Å²) in [5, 5.41) is 9.72. The first kappa shape index (κ1) is 15.2. The lowest BCUT2D eigenvalue weighted by molar-refractivity contribution is 0.194. The third-order valence-corrected chi connectivity index (χ3v) is 4.80. The number of benzene rings is 1. The lowest BCUT2D eigenvalue weighted by Crippen LogP contribution is -2.48. The van der Waals surface area contributed by atoms with Crippen molar-refractivity contribution >= 4 is 15.7 Å². The molecule has 1 aliphatic heterocycles. The highest BCUT2D eigenvalue weighted by Gasteiger charge is 2.26. The fourth-order valence-electron chi connectivity index (χ4n) is 2.48. The number of hydrogen-bond acceptors (Lipinski definition) is 4. The highest BCUT2D eigenvalue weighted by atomic mass is 32.2. The van der Waals surface area contributed by atoms with E-state index in [1.807, 2.05) is 4.90 Å². The smallest absolute Gasteiger partial charge is 0.211 e. The zero-order valence-electron chi connectivity index (χ0n) is 11.6. The second kappa shape index (κ2) is 5.67. The van der Waals surface area contributed by atoms with Gasteiger partial charge in [0.15, 0.2) is 0 Å². The predicted molar refractivity (Wildman–Crippen MR) is 75.7 cm³/mol. The van der Waals surface area contributed by atoms with Crippen molar-refractivity contribution in [2.24, 2.45) is 0 Å². The van der Waals surface area contributed by atoms with Crippen LogP contribution in [0.2, 0.25) is 0 Å². The minimum Gasteiger partial charge on any atom is -0.389 e. The first-order chi connectivity index (χ1) is 9.30. The second-order valence-corrected chi connectivity index (χ2v) is 6.98. The van der Waals surface area contributed by atoms with Gasteiger partial charge in [0.1, 0.15) is 5.82 Å². The summed E-state index contributed by atoms with van der Waals surface area (Å²) in [5.41, 5.74) is 0.897. The highest BCUT2D eigenvalue weighted by Crippen LogP contribution is 2.29. The van der Waals surface area contributed by atoms with Gasteiger partial charge in [-0.25, -0.2) is 12.8 Å². The normalized spacial score (nSPS) is 19.1. The van der Waals surface area contributed by atoms with Crippen LogP contribution in [0.1, 0.15) is 18.6 Å². The molecule has 1 aliphatic rings. The van der Waals surface area contributed by atoms with Crippen LogP contribution in [0, 0.1) is 5.82 Å². The molecule has 0 spiro atoms. The van der Waals surface area contributed by atoms with Gasteiger partial charge in [-0.2, -0.15) is 4.31 Å². The predicted octanol–water partition coefficient (Wildman–Crippen LogP) is 0.961. The summed E-state index contributed by atoms with van der Waals surface area (Å²) < 4.78 is 38.2. The molecule has 7 heteroatoms. The summed E-state index contributed by atoms with van der Waals surface area (Å²) in [4.78, 5) is 1.91. The minimum atomic E-state index is -3.18. The van der Waals surface area contributed by atoms with Crippen LogP contribution in [-0.2, 0) is 10.0 Å². The Kier molecular flexibility index (Phi) is 4.31. The highest BCUT2D eigenvalue weighted by molar-refractivity contribution is 7.88. The Balaban J connectivity index is 2.21. The molecule has 0 radical (unpaired) electrons. The van der Waals surface area contributed by atoms with E-state index in [9.17, 15) is 17.9 Å². The van der Waals surface area contributed by atoms with Gasteiger partial charge in [-0.3, -0.25) is 0 Å². The molecule has 20 heavy (non-hydrogen) atoms. The van der Waals surface area contributed by atoms with Crippen LogP contribution in [0.15, 0.2) is 18.2 Å². The van der Waals surface area contributed by atoms with Crippen molar-refractivity contribution in [2.75, 3.05) is 37.3 Å². The molecule has 5 nitrogen and oxygen atoms in total. The molecule has 1 fully saturated rings. The average molecular weight is 302 g/mol. The summed E-state index contributed by atoms with van der Waals surface area (Å²) in [6.45, 7) is 3.23. The van der Waals surface area contributed by atoms with Crippen molar-refractivity contribution in [3.63, 3.8) is 0 Å². The van der Waals surface area contributed by atoms with E-state index in [1.54, 1.807) is 12.1 Å². The van der Waals surface area contributed by atoms with Crippen molar-refractivity contribution < 1.29 is 17.9 Å². The fraction of sp³-hybridized carbons (Fsp3) is 0.538. The lowest BCUT2D eigenvalue weighted by atomic mass is 10.1. The van der Waals surface area contributed by atoms with E-state index in [-0.39, 0.29) is 5.56 Å². The average Bonchev–Trinajstić information content (AvgIpc) is 2.37. The summed E-state index contributed by atoms with van der Waals surface area (Å²) in [5.74, 6) is -0.442. The number of piperazine rings is 1. The number of halogens is 1. The van der Waals surface area contributed by atoms with Crippen LogP contribution in [0.25, 0.3) is 0 Å². The van der Waals surface area contributed by atoms with Crippen LogP contribution in [-0.4, -0.2) is 50.3 Å². The van der Waals surface area contributed by atoms with Crippen molar-refractivity contribution in [3.8, 4) is 0 Å². The molecule has 1 N–H and O–H groups in total. The van der Waals surface area contributed by atoms with E-state index in [1.165, 1.54) is 23.6 Å². The SMILES string of the molecule is CC(O)c1c(F)cccc1N1CCN(S(C)(=O)=O)CC1. The topological polar surface area (TPSA) is 60.9 Å². The van der Waals surface area contributed by atoms with Crippen LogP contribution in [0.3, 0.4) is 0 Å². The maximum Gasteiger partial charge on any atom is 0.211 e. The van der Waals surface area contributed by atoms with E-state index in [2.05, 4.69) is 0 Å². The number of aliphatic hydroxyl groups is 1. The van der Waals surface area contributed by atoms with Gasteiger partial charge in [-0.1, -0.05) is 6.07 Å². The Bertz CT molecular complexity index is 581. The number of hydrogen-bond donors (Lipinski definition) is 1. The Hall–Kier alpha value is -1.18. The van der Waals surface area contributed by atoms with Gasteiger partial charge in [0.2, 0.25) is 10.0 Å². The quantitative estimate of drug-likeness (QED) is 0.903. The summed E-state index contributed by atoms with van der Waals surface area (Å²) in [6, 6.07) is 4.67. The van der Waals surface area contributed by atoms with Crippen LogP contribution in [0.4, 0.5) is 10.1 Å². The molecule has 112 valence electrons. The summed E-state index contributed by atoms with van der Waals surface area (Å²) in [7, 11) is -3.18. The molecule has 0 aliphatic carbocycles. The minimum absolute atomic E-state index is 0.264. The third kappa shape index (κ3) is 3.11. The van der Waals surface area contributed by atoms with Gasteiger partial charge < -0.3 is 10.0 Å². The zero-order chi connectivity index (χ0) is 14.9. The molecule has 1 aromatic rings. The molecular formula is C13H19FN2O3S. The Labute approximate surface area is 118 Å². The van der Waals surface area contributed by atoms with Gasteiger partial charge in [0.25, 0.3) is 0 Å². The molecule has 1 heterocycles. The number of nitrogens with zero attached hydrogens (tertiary/aromatic N) is 2. The molecule has 0 bridgehead atoms. The zero-order valence-corrected chi connectivity index (χ0v) is 12.4. The third-order valence-electron chi connectivity index (χ3n) is 3.50. The van der Waals surface area contributed by atoms with Gasteiger partial charge in [-0.05, 0) is 19.1 Å². The number of aliphatic hydroxyl groups excluding tert-OH is 1. The van der Waals surface area contributed by atoms with Crippen molar-refractivity contribution in [2.45, 2.75) is 13.0 Å². The second-order valence-electron chi connectivity index (χ2n) is 5.00. The van der Waals surface area contributed by atoms with Gasteiger partial charge in [-0.15, -0.1) is 0 Å². The molecule has 1 saturated heterocycles. The first-order valence-corrected chi connectivity index (χ1v) is 8.32. The van der Waals surface area contributed by atoms with Crippen molar-refractivity contribution in [1.29, 1.82) is 0 Å². The van der Waals surface area contributed by atoms with Crippen LogP contribution >= 0.6 is 0 Å².